The molecule has 84 valence electrons. The molecule has 0 unspecified atom stereocenters. The monoisotopic (exact) mass is 242 g/mol. The van der Waals surface area contributed by atoms with Gasteiger partial charge in [0.15, 0.2) is 0 Å². The summed E-state index contributed by atoms with van der Waals surface area (Å²) in [5, 5.41) is 3.02. The van der Waals surface area contributed by atoms with Crippen molar-refractivity contribution >= 4 is 27.4 Å². The van der Waals surface area contributed by atoms with Crippen LogP contribution in [0.4, 0.5) is 5.82 Å². The largest absolute Gasteiger partial charge is 0.383 e. The maximum Gasteiger partial charge on any atom is 0.133 e. The number of nitrogens with zero attached hydrogens (tertiary/aromatic N) is 3. The molecule has 2 N–H and O–H groups in total. The van der Waals surface area contributed by atoms with Crippen LogP contribution in [0.1, 0.15) is 5.69 Å². The van der Waals surface area contributed by atoms with Crippen molar-refractivity contribution in [3.05, 3.63) is 35.6 Å². The zero-order chi connectivity index (χ0) is 11.8. The summed E-state index contributed by atoms with van der Waals surface area (Å²) in [5.41, 5.74) is 8.56. The SMILES string of the molecule is Cc1ccc(-c2ncnc3sccc23)c(N)n1. The van der Waals surface area contributed by atoms with E-state index in [-0.39, 0.29) is 0 Å². The molecule has 17 heavy (non-hydrogen) atoms. The Morgan fingerprint density at radius 2 is 2.06 bits per heavy atom. The van der Waals surface area contributed by atoms with Gasteiger partial charge in [0.2, 0.25) is 0 Å². The van der Waals surface area contributed by atoms with E-state index in [1.54, 1.807) is 17.7 Å². The topological polar surface area (TPSA) is 64.7 Å². The van der Waals surface area contributed by atoms with Gasteiger partial charge in [0.05, 0.1) is 5.69 Å². The van der Waals surface area contributed by atoms with Gasteiger partial charge in [-0.3, -0.25) is 0 Å². The van der Waals surface area contributed by atoms with Crippen LogP contribution in [0.15, 0.2) is 29.9 Å². The fourth-order valence-corrected chi connectivity index (χ4v) is 2.51. The number of pyridine rings is 1. The van der Waals surface area contributed by atoms with Crippen LogP contribution in [-0.2, 0) is 0 Å². The van der Waals surface area contributed by atoms with Gasteiger partial charge in [-0.1, -0.05) is 0 Å². The predicted molar refractivity (Wildman–Crippen MR) is 69.8 cm³/mol. The molecular formula is C12H10N4S. The van der Waals surface area contributed by atoms with Crippen LogP contribution in [0.2, 0.25) is 0 Å². The summed E-state index contributed by atoms with van der Waals surface area (Å²) >= 11 is 1.59. The van der Waals surface area contributed by atoms with Gasteiger partial charge in [0.25, 0.3) is 0 Å². The normalized spacial score (nSPS) is 10.9. The molecule has 0 saturated heterocycles. The second kappa shape index (κ2) is 3.78. The predicted octanol–water partition coefficient (Wildman–Crippen LogP) is 2.64. The van der Waals surface area contributed by atoms with E-state index in [1.165, 1.54) is 0 Å². The van der Waals surface area contributed by atoms with Gasteiger partial charge in [0.1, 0.15) is 17.0 Å². The number of hydrogen-bond donors (Lipinski definition) is 1. The molecule has 3 heterocycles. The van der Waals surface area contributed by atoms with E-state index in [1.807, 2.05) is 30.5 Å². The molecule has 0 amide bonds. The molecular weight excluding hydrogens is 232 g/mol. The van der Waals surface area contributed by atoms with Crippen molar-refractivity contribution in [1.82, 2.24) is 15.0 Å². The van der Waals surface area contributed by atoms with Crippen molar-refractivity contribution in [2.75, 3.05) is 5.73 Å². The van der Waals surface area contributed by atoms with Gasteiger partial charge in [-0.2, -0.15) is 0 Å². The first-order valence-corrected chi connectivity index (χ1v) is 6.05. The van der Waals surface area contributed by atoms with Crippen molar-refractivity contribution in [2.45, 2.75) is 6.92 Å². The van der Waals surface area contributed by atoms with E-state index >= 15 is 0 Å². The van der Waals surface area contributed by atoms with Gasteiger partial charge in [0, 0.05) is 16.6 Å². The highest BCUT2D eigenvalue weighted by atomic mass is 32.1. The first-order valence-electron chi connectivity index (χ1n) is 5.17. The number of thiophene rings is 1. The molecule has 0 aliphatic heterocycles. The molecule has 0 aliphatic rings. The van der Waals surface area contributed by atoms with Crippen LogP contribution in [-0.4, -0.2) is 15.0 Å². The molecule has 0 spiro atoms. The molecule has 0 atom stereocenters. The van der Waals surface area contributed by atoms with Crippen LogP contribution in [0.3, 0.4) is 0 Å². The lowest BCUT2D eigenvalue weighted by atomic mass is 10.1. The van der Waals surface area contributed by atoms with Crippen molar-refractivity contribution in [2.24, 2.45) is 0 Å². The van der Waals surface area contributed by atoms with Crippen molar-refractivity contribution < 1.29 is 0 Å². The number of nitrogen functional groups attached to an aromatic ring is 1. The summed E-state index contributed by atoms with van der Waals surface area (Å²) in [6, 6.07) is 5.90. The first kappa shape index (κ1) is 10.2. The van der Waals surface area contributed by atoms with E-state index in [2.05, 4.69) is 15.0 Å². The minimum Gasteiger partial charge on any atom is -0.383 e. The smallest absolute Gasteiger partial charge is 0.133 e. The molecule has 0 bridgehead atoms. The zero-order valence-electron chi connectivity index (χ0n) is 9.21. The number of nitrogens with two attached hydrogens (primary N) is 1. The number of hydrogen-bond acceptors (Lipinski definition) is 5. The van der Waals surface area contributed by atoms with Crippen LogP contribution >= 0.6 is 11.3 Å². The maximum absolute atomic E-state index is 5.95. The fraction of sp³-hybridized carbons (Fsp3) is 0.0833. The van der Waals surface area contributed by atoms with Crippen LogP contribution in [0, 0.1) is 6.92 Å². The van der Waals surface area contributed by atoms with Crippen molar-refractivity contribution in [3.63, 3.8) is 0 Å². The van der Waals surface area contributed by atoms with E-state index in [9.17, 15) is 0 Å². The molecule has 0 aromatic carbocycles. The van der Waals surface area contributed by atoms with Crippen LogP contribution in [0.25, 0.3) is 21.5 Å². The highest BCUT2D eigenvalue weighted by molar-refractivity contribution is 7.16. The quantitative estimate of drug-likeness (QED) is 0.712. The molecule has 0 fully saturated rings. The van der Waals surface area contributed by atoms with Gasteiger partial charge in [-0.25, -0.2) is 15.0 Å². The molecule has 0 radical (unpaired) electrons. The average molecular weight is 242 g/mol. The second-order valence-electron chi connectivity index (χ2n) is 3.75. The summed E-state index contributed by atoms with van der Waals surface area (Å²) < 4.78 is 0. The Labute approximate surface area is 102 Å². The Morgan fingerprint density at radius 1 is 1.18 bits per heavy atom. The van der Waals surface area contributed by atoms with Gasteiger partial charge in [-0.05, 0) is 30.5 Å². The molecule has 3 rings (SSSR count). The minimum atomic E-state index is 0.510. The Bertz CT molecular complexity index is 690. The van der Waals surface area contributed by atoms with E-state index in [4.69, 9.17) is 5.73 Å². The second-order valence-corrected chi connectivity index (χ2v) is 4.64. The summed E-state index contributed by atoms with van der Waals surface area (Å²) in [4.78, 5) is 13.8. The van der Waals surface area contributed by atoms with Crippen molar-refractivity contribution in [3.8, 4) is 11.3 Å². The first-order chi connectivity index (χ1) is 8.25. The number of rotatable bonds is 1. The zero-order valence-corrected chi connectivity index (χ0v) is 10.0. The highest BCUT2D eigenvalue weighted by Crippen LogP contribution is 2.30. The Hall–Kier alpha value is -2.01. The van der Waals surface area contributed by atoms with Gasteiger partial charge >= 0.3 is 0 Å². The van der Waals surface area contributed by atoms with E-state index < -0.39 is 0 Å². The van der Waals surface area contributed by atoms with E-state index in [0.717, 1.165) is 27.2 Å². The standard InChI is InChI=1S/C12H10N4S/c1-7-2-3-8(11(13)16-7)10-9-4-5-17-12(9)15-6-14-10/h2-6H,1H3,(H2,13,16). The summed E-state index contributed by atoms with van der Waals surface area (Å²) in [5.74, 6) is 0.510. The number of fused-ring (bicyclic) bond motifs is 1. The van der Waals surface area contributed by atoms with Gasteiger partial charge in [-0.15, -0.1) is 11.3 Å². The number of aromatic nitrogens is 3. The molecule has 0 aliphatic carbocycles. The number of anilines is 1. The molecule has 0 saturated carbocycles. The van der Waals surface area contributed by atoms with E-state index in [0.29, 0.717) is 5.82 Å². The summed E-state index contributed by atoms with van der Waals surface area (Å²) in [6.45, 7) is 1.92. The molecule has 4 nitrogen and oxygen atoms in total. The van der Waals surface area contributed by atoms with Crippen molar-refractivity contribution in [1.29, 1.82) is 0 Å². The third-order valence-corrected chi connectivity index (χ3v) is 3.40. The fourth-order valence-electron chi connectivity index (χ4n) is 1.78. The number of aryl methyl sites for hydroxylation is 1. The molecule has 3 aromatic rings. The van der Waals surface area contributed by atoms with Crippen LogP contribution < -0.4 is 5.73 Å². The maximum atomic E-state index is 5.95. The summed E-state index contributed by atoms with van der Waals surface area (Å²) in [6.07, 6.45) is 1.56. The lowest BCUT2D eigenvalue weighted by Gasteiger charge is -2.05. The lowest BCUT2D eigenvalue weighted by molar-refractivity contribution is 1.19. The van der Waals surface area contributed by atoms with Crippen LogP contribution in [0.5, 0.6) is 0 Å². The lowest BCUT2D eigenvalue weighted by Crippen LogP contribution is -1.97. The van der Waals surface area contributed by atoms with Gasteiger partial charge < -0.3 is 5.73 Å². The summed E-state index contributed by atoms with van der Waals surface area (Å²) in [7, 11) is 0. The third kappa shape index (κ3) is 1.64. The molecule has 3 aromatic heterocycles. The molecule has 5 heteroatoms. The minimum absolute atomic E-state index is 0.510. The highest BCUT2D eigenvalue weighted by Gasteiger charge is 2.10. The Morgan fingerprint density at radius 3 is 2.88 bits per heavy atom. The Balaban J connectivity index is 2.30. The average Bonchev–Trinajstić information content (AvgIpc) is 2.77. The Kier molecular flexibility index (Phi) is 2.26. The third-order valence-electron chi connectivity index (χ3n) is 2.58.